The van der Waals surface area contributed by atoms with Gasteiger partial charge in [0.05, 0.1) is 38.0 Å². The average Bonchev–Trinajstić information content (AvgIpc) is 2.28. The molecule has 0 unspecified atom stereocenters. The average molecular weight is 302 g/mol. The number of hydrogen-bond acceptors (Lipinski definition) is 4. The zero-order chi connectivity index (χ0) is 12.3. The van der Waals surface area contributed by atoms with Crippen molar-refractivity contribution < 1.29 is 14.6 Å². The van der Waals surface area contributed by atoms with Gasteiger partial charge in [-0.15, -0.1) is 0 Å². The van der Waals surface area contributed by atoms with Crippen LogP contribution in [0.25, 0.3) is 0 Å². The molecule has 2 rings (SSSR count). The third-order valence-electron chi connectivity index (χ3n) is 2.97. The molecule has 0 radical (unpaired) electrons. The van der Waals surface area contributed by atoms with E-state index in [-0.39, 0.29) is 12.0 Å². The van der Waals surface area contributed by atoms with E-state index in [1.807, 2.05) is 18.2 Å². The Morgan fingerprint density at radius 3 is 2.82 bits per heavy atom. The van der Waals surface area contributed by atoms with Gasteiger partial charge in [0.15, 0.2) is 0 Å². The third kappa shape index (κ3) is 2.73. The van der Waals surface area contributed by atoms with E-state index in [2.05, 4.69) is 21.2 Å². The fourth-order valence-electron chi connectivity index (χ4n) is 1.74. The van der Waals surface area contributed by atoms with Crippen LogP contribution in [-0.4, -0.2) is 38.6 Å². The predicted octanol–water partition coefficient (Wildman–Crippen LogP) is 1.88. The fourth-order valence-corrected chi connectivity index (χ4v) is 2.10. The van der Waals surface area contributed by atoms with Crippen LogP contribution in [0.1, 0.15) is 0 Å². The van der Waals surface area contributed by atoms with Crippen LogP contribution in [0.4, 0.5) is 5.69 Å². The summed E-state index contributed by atoms with van der Waals surface area (Å²) in [6.07, 6.45) is 0. The van der Waals surface area contributed by atoms with Crippen molar-refractivity contribution in [1.29, 1.82) is 0 Å². The van der Waals surface area contributed by atoms with E-state index in [1.54, 1.807) is 7.11 Å². The maximum Gasteiger partial charge on any atom is 0.142 e. The molecule has 0 aliphatic carbocycles. The summed E-state index contributed by atoms with van der Waals surface area (Å²) in [5.41, 5.74) is 0.773. The van der Waals surface area contributed by atoms with Gasteiger partial charge in [-0.1, -0.05) is 15.9 Å². The van der Waals surface area contributed by atoms with Crippen molar-refractivity contribution in [3.63, 3.8) is 0 Å². The molecule has 0 bridgehead atoms. The Morgan fingerprint density at radius 2 is 2.29 bits per heavy atom. The Balaban J connectivity index is 2.05. The highest BCUT2D eigenvalue weighted by Gasteiger charge is 2.37. The molecule has 1 heterocycles. The number of aliphatic hydroxyl groups excluding tert-OH is 1. The van der Waals surface area contributed by atoms with Crippen molar-refractivity contribution in [1.82, 2.24) is 0 Å². The zero-order valence-corrected chi connectivity index (χ0v) is 11.3. The number of halogens is 1. The highest BCUT2D eigenvalue weighted by atomic mass is 79.9. The van der Waals surface area contributed by atoms with Crippen LogP contribution < -0.4 is 10.1 Å². The summed E-state index contributed by atoms with van der Waals surface area (Å²) in [6.45, 7) is 2.02. The highest BCUT2D eigenvalue weighted by molar-refractivity contribution is 9.10. The van der Waals surface area contributed by atoms with Crippen molar-refractivity contribution >= 4 is 21.6 Å². The first kappa shape index (κ1) is 12.7. The van der Waals surface area contributed by atoms with E-state index in [9.17, 15) is 5.11 Å². The summed E-state index contributed by atoms with van der Waals surface area (Å²) >= 11 is 3.42. The molecule has 1 aliphatic rings. The number of hydrogen-bond donors (Lipinski definition) is 2. The third-order valence-corrected chi connectivity index (χ3v) is 3.46. The van der Waals surface area contributed by atoms with Crippen LogP contribution >= 0.6 is 15.9 Å². The minimum Gasteiger partial charge on any atom is -0.495 e. The lowest BCUT2D eigenvalue weighted by atomic mass is 9.87. The SMILES string of the molecule is COc1ccc(Br)cc1NCC1(CO)COC1. The van der Waals surface area contributed by atoms with Gasteiger partial charge in [-0.05, 0) is 18.2 Å². The summed E-state index contributed by atoms with van der Waals surface area (Å²) in [5.74, 6) is 0.793. The first-order valence-electron chi connectivity index (χ1n) is 5.45. The molecule has 4 nitrogen and oxygen atoms in total. The molecule has 17 heavy (non-hydrogen) atoms. The Labute approximate surface area is 109 Å². The van der Waals surface area contributed by atoms with E-state index in [1.165, 1.54) is 0 Å². The lowest BCUT2D eigenvalue weighted by molar-refractivity contribution is -0.128. The second kappa shape index (κ2) is 5.25. The molecule has 1 saturated heterocycles. The van der Waals surface area contributed by atoms with Crippen LogP contribution in [0.2, 0.25) is 0 Å². The van der Waals surface area contributed by atoms with Gasteiger partial charge in [-0.3, -0.25) is 0 Å². The first-order chi connectivity index (χ1) is 8.19. The van der Waals surface area contributed by atoms with Crippen molar-refractivity contribution in [2.45, 2.75) is 0 Å². The summed E-state index contributed by atoms with van der Waals surface area (Å²) in [5, 5.41) is 12.6. The van der Waals surface area contributed by atoms with Crippen molar-refractivity contribution in [2.24, 2.45) is 5.41 Å². The molecule has 5 heteroatoms. The molecule has 94 valence electrons. The number of benzene rings is 1. The summed E-state index contributed by atoms with van der Waals surface area (Å²) in [6, 6.07) is 5.79. The molecule has 0 aromatic heterocycles. The lowest BCUT2D eigenvalue weighted by Gasteiger charge is -2.40. The van der Waals surface area contributed by atoms with Gasteiger partial charge in [-0.2, -0.15) is 0 Å². The maximum atomic E-state index is 9.34. The molecule has 0 atom stereocenters. The molecule has 1 aromatic carbocycles. The lowest BCUT2D eigenvalue weighted by Crippen LogP contribution is -2.50. The second-order valence-electron chi connectivity index (χ2n) is 4.35. The molecule has 1 aliphatic heterocycles. The number of methoxy groups -OCH3 is 1. The zero-order valence-electron chi connectivity index (χ0n) is 9.70. The van der Waals surface area contributed by atoms with Crippen LogP contribution in [-0.2, 0) is 4.74 Å². The van der Waals surface area contributed by atoms with Crippen molar-refractivity contribution in [3.05, 3.63) is 22.7 Å². The van der Waals surface area contributed by atoms with E-state index in [0.29, 0.717) is 19.8 Å². The van der Waals surface area contributed by atoms with Crippen LogP contribution in [0.3, 0.4) is 0 Å². The summed E-state index contributed by atoms with van der Waals surface area (Å²) in [4.78, 5) is 0. The first-order valence-corrected chi connectivity index (χ1v) is 6.24. The van der Waals surface area contributed by atoms with Gasteiger partial charge in [0.2, 0.25) is 0 Å². The number of ether oxygens (including phenoxy) is 2. The Bertz CT molecular complexity index is 388. The number of nitrogens with one attached hydrogen (secondary N) is 1. The smallest absolute Gasteiger partial charge is 0.142 e. The monoisotopic (exact) mass is 301 g/mol. The minimum absolute atomic E-state index is 0.135. The van der Waals surface area contributed by atoms with E-state index in [4.69, 9.17) is 9.47 Å². The molecule has 1 fully saturated rings. The maximum absolute atomic E-state index is 9.34. The van der Waals surface area contributed by atoms with Gasteiger partial charge < -0.3 is 19.9 Å². The standard InChI is InChI=1S/C12H16BrNO3/c1-16-11-3-2-9(13)4-10(11)14-5-12(6-15)7-17-8-12/h2-4,14-15H,5-8H2,1H3. The summed E-state index contributed by atoms with van der Waals surface area (Å²) < 4.78 is 11.4. The van der Waals surface area contributed by atoms with Gasteiger partial charge >= 0.3 is 0 Å². The summed E-state index contributed by atoms with van der Waals surface area (Å²) in [7, 11) is 1.64. The normalized spacial score (nSPS) is 17.4. The van der Waals surface area contributed by atoms with E-state index < -0.39 is 0 Å². The molecular formula is C12H16BrNO3. The predicted molar refractivity (Wildman–Crippen MR) is 69.5 cm³/mol. The topological polar surface area (TPSA) is 50.7 Å². The number of rotatable bonds is 5. The van der Waals surface area contributed by atoms with Crippen LogP contribution in [0, 0.1) is 5.41 Å². The van der Waals surface area contributed by atoms with Gasteiger partial charge in [0.25, 0.3) is 0 Å². The number of anilines is 1. The largest absolute Gasteiger partial charge is 0.495 e. The van der Waals surface area contributed by atoms with Gasteiger partial charge in [0.1, 0.15) is 5.75 Å². The van der Waals surface area contributed by atoms with Gasteiger partial charge in [-0.25, -0.2) is 0 Å². The van der Waals surface area contributed by atoms with Crippen LogP contribution in [0.15, 0.2) is 22.7 Å². The molecule has 0 amide bonds. The van der Waals surface area contributed by atoms with E-state index in [0.717, 1.165) is 15.9 Å². The molecular weight excluding hydrogens is 286 g/mol. The van der Waals surface area contributed by atoms with Crippen molar-refractivity contribution in [3.8, 4) is 5.75 Å². The molecule has 0 spiro atoms. The highest BCUT2D eigenvalue weighted by Crippen LogP contribution is 2.31. The minimum atomic E-state index is -0.146. The van der Waals surface area contributed by atoms with E-state index >= 15 is 0 Å². The molecule has 0 saturated carbocycles. The number of aliphatic hydroxyl groups is 1. The van der Waals surface area contributed by atoms with Gasteiger partial charge in [0, 0.05) is 11.0 Å². The Morgan fingerprint density at radius 1 is 1.53 bits per heavy atom. The second-order valence-corrected chi connectivity index (χ2v) is 5.26. The van der Waals surface area contributed by atoms with Crippen LogP contribution in [0.5, 0.6) is 5.75 Å². The Kier molecular flexibility index (Phi) is 3.91. The Hall–Kier alpha value is -0.780. The van der Waals surface area contributed by atoms with Crippen molar-refractivity contribution in [2.75, 3.05) is 38.8 Å². The molecule has 2 N–H and O–H groups in total. The fraction of sp³-hybridized carbons (Fsp3) is 0.500. The quantitative estimate of drug-likeness (QED) is 0.872. The molecule has 1 aromatic rings.